The van der Waals surface area contributed by atoms with E-state index < -0.39 is 0 Å². The largest absolute Gasteiger partial charge is 0.369 e. The van der Waals surface area contributed by atoms with E-state index in [-0.39, 0.29) is 11.8 Å². The molecule has 0 aliphatic heterocycles. The Morgan fingerprint density at radius 3 is 2.50 bits per heavy atom. The number of fused-ring (bicyclic) bond motifs is 1. The summed E-state index contributed by atoms with van der Waals surface area (Å²) in [5, 5.41) is 12.8. The number of hydrogen-bond donors (Lipinski definition) is 2. The average molecular weight is 435 g/mol. The van der Waals surface area contributed by atoms with Crippen LogP contribution in [0.1, 0.15) is 66.7 Å². The Kier molecular flexibility index (Phi) is 10.4. The Bertz CT molecular complexity index is 785. The Morgan fingerprint density at radius 2 is 1.87 bits per heavy atom. The number of nitrogens with one attached hydrogen (secondary N) is 2. The van der Waals surface area contributed by atoms with Gasteiger partial charge in [0.05, 0.1) is 18.1 Å². The Morgan fingerprint density at radius 1 is 1.13 bits per heavy atom. The first-order chi connectivity index (χ1) is 14.5. The standard InChI is InChI=1S/C22H38N6OS/c1-6-9-17(10-7-2)21(29)23-11-12-28-20-18(15-25-28)19(24-14-16(4)5)26-22(27-20)30-13-8-3/h15-17H,6-14H2,1-5H3,(H,23,29)(H,24,26,27). The molecule has 0 aliphatic carbocycles. The van der Waals surface area contributed by atoms with Crippen LogP contribution < -0.4 is 10.6 Å². The highest BCUT2D eigenvalue weighted by molar-refractivity contribution is 7.99. The maximum Gasteiger partial charge on any atom is 0.223 e. The summed E-state index contributed by atoms with van der Waals surface area (Å²) in [6, 6.07) is 0. The minimum absolute atomic E-state index is 0.112. The van der Waals surface area contributed by atoms with Crippen molar-refractivity contribution in [1.29, 1.82) is 0 Å². The molecule has 1 amide bonds. The van der Waals surface area contributed by atoms with Crippen molar-refractivity contribution in [3.63, 3.8) is 0 Å². The fourth-order valence-corrected chi connectivity index (χ4v) is 4.02. The number of aromatic nitrogens is 4. The zero-order chi connectivity index (χ0) is 21.9. The highest BCUT2D eigenvalue weighted by Gasteiger charge is 2.17. The molecule has 2 heterocycles. The van der Waals surface area contributed by atoms with Gasteiger partial charge in [-0.15, -0.1) is 0 Å². The number of amides is 1. The van der Waals surface area contributed by atoms with E-state index in [1.54, 1.807) is 11.8 Å². The van der Waals surface area contributed by atoms with E-state index in [0.29, 0.717) is 19.0 Å². The monoisotopic (exact) mass is 434 g/mol. The quantitative estimate of drug-likeness (QED) is 0.330. The molecule has 0 spiro atoms. The topological polar surface area (TPSA) is 84.7 Å². The van der Waals surface area contributed by atoms with Crippen molar-refractivity contribution in [1.82, 2.24) is 25.1 Å². The zero-order valence-electron chi connectivity index (χ0n) is 19.2. The number of carbonyl (C=O) groups is 1. The predicted octanol–water partition coefficient (Wildman–Crippen LogP) is 4.73. The lowest BCUT2D eigenvalue weighted by Gasteiger charge is -2.15. The highest BCUT2D eigenvalue weighted by Crippen LogP contribution is 2.25. The first kappa shape index (κ1) is 24.4. The van der Waals surface area contributed by atoms with E-state index in [1.807, 2.05) is 10.9 Å². The normalized spacial score (nSPS) is 11.6. The summed E-state index contributed by atoms with van der Waals surface area (Å²) in [6.45, 7) is 12.8. The lowest BCUT2D eigenvalue weighted by Crippen LogP contribution is -2.33. The molecular formula is C22H38N6OS. The van der Waals surface area contributed by atoms with Crippen molar-refractivity contribution in [2.24, 2.45) is 11.8 Å². The molecule has 7 nitrogen and oxygen atoms in total. The van der Waals surface area contributed by atoms with Crippen LogP contribution in [0.25, 0.3) is 11.0 Å². The number of rotatable bonds is 14. The van der Waals surface area contributed by atoms with E-state index in [0.717, 1.165) is 66.4 Å². The molecule has 30 heavy (non-hydrogen) atoms. The van der Waals surface area contributed by atoms with Gasteiger partial charge >= 0.3 is 0 Å². The molecule has 168 valence electrons. The summed E-state index contributed by atoms with van der Waals surface area (Å²) in [6.07, 6.45) is 6.85. The molecule has 0 radical (unpaired) electrons. The van der Waals surface area contributed by atoms with Crippen molar-refractivity contribution >= 4 is 34.5 Å². The first-order valence-corrected chi connectivity index (χ1v) is 12.4. The maximum absolute atomic E-state index is 12.5. The van der Waals surface area contributed by atoms with Crippen molar-refractivity contribution in [3.05, 3.63) is 6.20 Å². The Labute approximate surface area is 185 Å². The van der Waals surface area contributed by atoms with Crippen molar-refractivity contribution in [2.45, 2.75) is 78.4 Å². The highest BCUT2D eigenvalue weighted by atomic mass is 32.2. The lowest BCUT2D eigenvalue weighted by molar-refractivity contribution is -0.125. The molecule has 2 N–H and O–H groups in total. The van der Waals surface area contributed by atoms with E-state index >= 15 is 0 Å². The van der Waals surface area contributed by atoms with Gasteiger partial charge in [-0.25, -0.2) is 14.6 Å². The van der Waals surface area contributed by atoms with Gasteiger partial charge in [0.15, 0.2) is 10.8 Å². The second-order valence-electron chi connectivity index (χ2n) is 8.15. The average Bonchev–Trinajstić information content (AvgIpc) is 3.13. The molecule has 0 unspecified atom stereocenters. The number of nitrogens with zero attached hydrogens (tertiary/aromatic N) is 4. The van der Waals surface area contributed by atoms with E-state index in [1.165, 1.54) is 0 Å². The number of thioether (sulfide) groups is 1. The molecule has 0 atom stereocenters. The third-order valence-corrected chi connectivity index (χ3v) is 5.91. The fraction of sp³-hybridized carbons (Fsp3) is 0.727. The van der Waals surface area contributed by atoms with Gasteiger partial charge in [-0.3, -0.25) is 4.79 Å². The minimum Gasteiger partial charge on any atom is -0.369 e. The molecule has 0 bridgehead atoms. The molecule has 0 saturated heterocycles. The molecule has 8 heteroatoms. The summed E-state index contributed by atoms with van der Waals surface area (Å²) in [7, 11) is 0. The fourth-order valence-electron chi connectivity index (χ4n) is 3.33. The van der Waals surface area contributed by atoms with Crippen LogP contribution in [0, 0.1) is 11.8 Å². The summed E-state index contributed by atoms with van der Waals surface area (Å²) >= 11 is 1.67. The van der Waals surface area contributed by atoms with E-state index in [4.69, 9.17) is 9.97 Å². The second kappa shape index (κ2) is 12.8. The van der Waals surface area contributed by atoms with Crippen LogP contribution >= 0.6 is 11.8 Å². The van der Waals surface area contributed by atoms with Crippen LogP contribution in [0.2, 0.25) is 0 Å². The molecule has 0 saturated carbocycles. The van der Waals surface area contributed by atoms with Crippen LogP contribution in [0.15, 0.2) is 11.4 Å². The minimum atomic E-state index is 0.112. The molecule has 0 aliphatic rings. The molecule has 2 rings (SSSR count). The second-order valence-corrected chi connectivity index (χ2v) is 9.21. The van der Waals surface area contributed by atoms with Gasteiger partial charge in [0.1, 0.15) is 5.82 Å². The number of hydrogen-bond acceptors (Lipinski definition) is 6. The van der Waals surface area contributed by atoms with Gasteiger partial charge in [-0.05, 0) is 25.2 Å². The Hall–Kier alpha value is -1.83. The maximum atomic E-state index is 12.5. The summed E-state index contributed by atoms with van der Waals surface area (Å²) in [5.41, 5.74) is 0.822. The van der Waals surface area contributed by atoms with Gasteiger partial charge < -0.3 is 10.6 Å². The van der Waals surface area contributed by atoms with Gasteiger partial charge in [0.2, 0.25) is 5.91 Å². The van der Waals surface area contributed by atoms with Gasteiger partial charge in [-0.2, -0.15) is 5.10 Å². The van der Waals surface area contributed by atoms with Crippen molar-refractivity contribution < 1.29 is 4.79 Å². The Balaban J connectivity index is 2.12. The van der Waals surface area contributed by atoms with Crippen LogP contribution in [-0.2, 0) is 11.3 Å². The smallest absolute Gasteiger partial charge is 0.223 e. The zero-order valence-corrected chi connectivity index (χ0v) is 20.0. The lowest BCUT2D eigenvalue weighted by atomic mass is 9.97. The van der Waals surface area contributed by atoms with Gasteiger partial charge in [0, 0.05) is 24.8 Å². The first-order valence-electron chi connectivity index (χ1n) is 11.4. The van der Waals surface area contributed by atoms with Crippen LogP contribution in [0.5, 0.6) is 0 Å². The van der Waals surface area contributed by atoms with Crippen LogP contribution in [0.3, 0.4) is 0 Å². The molecule has 0 aromatic carbocycles. The van der Waals surface area contributed by atoms with Gasteiger partial charge in [-0.1, -0.05) is 59.2 Å². The SMILES string of the molecule is CCCSc1nc(NCC(C)C)c2cnn(CCNC(=O)C(CCC)CCC)c2n1. The summed E-state index contributed by atoms with van der Waals surface area (Å²) < 4.78 is 1.88. The van der Waals surface area contributed by atoms with Crippen LogP contribution in [0.4, 0.5) is 5.82 Å². The third kappa shape index (κ3) is 7.15. The predicted molar refractivity (Wildman–Crippen MR) is 126 cm³/mol. The summed E-state index contributed by atoms with van der Waals surface area (Å²) in [5.74, 6) is 2.61. The van der Waals surface area contributed by atoms with E-state index in [2.05, 4.69) is 50.4 Å². The van der Waals surface area contributed by atoms with E-state index in [9.17, 15) is 4.79 Å². The van der Waals surface area contributed by atoms with Crippen LogP contribution in [-0.4, -0.2) is 44.5 Å². The molecule has 2 aromatic heterocycles. The molecule has 0 fully saturated rings. The number of carbonyl (C=O) groups excluding carboxylic acids is 1. The summed E-state index contributed by atoms with van der Waals surface area (Å²) in [4.78, 5) is 22.0. The molecular weight excluding hydrogens is 396 g/mol. The molecule has 2 aromatic rings. The number of anilines is 1. The van der Waals surface area contributed by atoms with Crippen molar-refractivity contribution in [2.75, 3.05) is 24.2 Å². The van der Waals surface area contributed by atoms with Crippen molar-refractivity contribution in [3.8, 4) is 0 Å². The van der Waals surface area contributed by atoms with Gasteiger partial charge in [0.25, 0.3) is 0 Å². The third-order valence-electron chi connectivity index (χ3n) is 4.86.